The van der Waals surface area contributed by atoms with E-state index in [4.69, 9.17) is 5.11 Å². The van der Waals surface area contributed by atoms with Crippen molar-refractivity contribution in [3.05, 3.63) is 28.7 Å². The van der Waals surface area contributed by atoms with E-state index in [1.54, 1.807) is 19.3 Å². The zero-order chi connectivity index (χ0) is 8.85. The lowest BCUT2D eigenvalue weighted by atomic mass is 10.4. The molecule has 0 bridgehead atoms. The minimum atomic E-state index is -0.363. The number of aromatic nitrogens is 1. The Morgan fingerprint density at radius 1 is 1.45 bits per heavy atom. The highest BCUT2D eigenvalue weighted by Crippen LogP contribution is 1.94. The van der Waals surface area contributed by atoms with Gasteiger partial charge < -0.3 is 9.67 Å². The second-order valence-electron chi connectivity index (χ2n) is 1.81. The molecule has 11 heavy (non-hydrogen) atoms. The van der Waals surface area contributed by atoms with Crippen molar-refractivity contribution in [2.75, 3.05) is 0 Å². The van der Waals surface area contributed by atoms with Crippen LogP contribution in [0, 0.1) is 0 Å². The van der Waals surface area contributed by atoms with Gasteiger partial charge in [-0.15, -0.1) is 0 Å². The van der Waals surface area contributed by atoms with Gasteiger partial charge in [-0.1, -0.05) is 13.8 Å². The maximum atomic E-state index is 10.7. The van der Waals surface area contributed by atoms with Crippen LogP contribution < -0.4 is 5.56 Å². The molecule has 1 heterocycles. The third-order valence-electron chi connectivity index (χ3n) is 1.10. The first-order chi connectivity index (χ1) is 5.22. The number of hydrogen-bond acceptors (Lipinski definition) is 2. The van der Waals surface area contributed by atoms with E-state index in [1.165, 1.54) is 10.6 Å². The predicted octanol–water partition coefficient (Wildman–Crippen LogP) is 1.12. The Balaban J connectivity index is 0.000000461. The van der Waals surface area contributed by atoms with E-state index in [9.17, 15) is 4.79 Å². The molecule has 0 saturated heterocycles. The molecule has 0 unspecified atom stereocenters. The van der Waals surface area contributed by atoms with Gasteiger partial charge in [-0.2, -0.15) is 0 Å². The molecule has 3 nitrogen and oxygen atoms in total. The highest BCUT2D eigenvalue weighted by Gasteiger charge is 1.93. The summed E-state index contributed by atoms with van der Waals surface area (Å²) in [5.41, 5.74) is -0.363. The molecule has 3 heteroatoms. The Kier molecular flexibility index (Phi) is 4.03. The molecule has 0 radical (unpaired) electrons. The molecule has 0 aliphatic rings. The summed E-state index contributed by atoms with van der Waals surface area (Å²) in [6.07, 6.45) is 1.59. The van der Waals surface area contributed by atoms with Gasteiger partial charge in [-0.25, -0.2) is 0 Å². The molecular formula is C8H13NO2. The summed E-state index contributed by atoms with van der Waals surface area (Å²) in [7, 11) is 1.59. The summed E-state index contributed by atoms with van der Waals surface area (Å²) in [4.78, 5) is 10.7. The predicted molar refractivity (Wildman–Crippen MR) is 44.7 cm³/mol. The number of aryl methyl sites for hydroxylation is 1. The van der Waals surface area contributed by atoms with E-state index < -0.39 is 0 Å². The normalized spacial score (nSPS) is 8.27. The van der Waals surface area contributed by atoms with Crippen molar-refractivity contribution in [3.63, 3.8) is 0 Å². The summed E-state index contributed by atoms with van der Waals surface area (Å²) in [5.74, 6) is -0.208. The zero-order valence-corrected chi connectivity index (χ0v) is 7.03. The van der Waals surface area contributed by atoms with Crippen molar-refractivity contribution >= 4 is 0 Å². The highest BCUT2D eigenvalue weighted by molar-refractivity contribution is 5.14. The van der Waals surface area contributed by atoms with Crippen LogP contribution in [0.3, 0.4) is 0 Å². The fourth-order valence-corrected chi connectivity index (χ4v) is 0.583. The maximum absolute atomic E-state index is 10.7. The third kappa shape index (κ3) is 2.45. The van der Waals surface area contributed by atoms with Crippen molar-refractivity contribution in [2.24, 2.45) is 7.05 Å². The van der Waals surface area contributed by atoms with Crippen LogP contribution in [0.1, 0.15) is 13.8 Å². The van der Waals surface area contributed by atoms with Crippen molar-refractivity contribution in [2.45, 2.75) is 13.8 Å². The largest absolute Gasteiger partial charge is 0.503 e. The average molecular weight is 155 g/mol. The summed E-state index contributed by atoms with van der Waals surface area (Å²) >= 11 is 0. The second kappa shape index (κ2) is 4.55. The van der Waals surface area contributed by atoms with Crippen LogP contribution in [-0.4, -0.2) is 9.67 Å². The molecule has 0 fully saturated rings. The van der Waals surface area contributed by atoms with Gasteiger partial charge >= 0.3 is 0 Å². The van der Waals surface area contributed by atoms with Gasteiger partial charge in [-0.05, 0) is 12.1 Å². The van der Waals surface area contributed by atoms with Gasteiger partial charge in [0.15, 0.2) is 5.75 Å². The summed E-state index contributed by atoms with van der Waals surface area (Å²) < 4.78 is 1.31. The zero-order valence-electron chi connectivity index (χ0n) is 7.03. The standard InChI is InChI=1S/C6H7NO2.C2H6/c1-7-4-2-3-5(8)6(7)9;1-2/h2-4,8H,1H3;1-2H3. The lowest BCUT2D eigenvalue weighted by Crippen LogP contribution is -2.13. The first-order valence-corrected chi connectivity index (χ1v) is 3.56. The second-order valence-corrected chi connectivity index (χ2v) is 1.81. The summed E-state index contributed by atoms with van der Waals surface area (Å²) in [5, 5.41) is 8.77. The van der Waals surface area contributed by atoms with Gasteiger partial charge in [0.05, 0.1) is 0 Å². The van der Waals surface area contributed by atoms with E-state index in [0.29, 0.717) is 0 Å². The topological polar surface area (TPSA) is 42.2 Å². The van der Waals surface area contributed by atoms with E-state index in [1.807, 2.05) is 13.8 Å². The number of aromatic hydroxyl groups is 1. The quantitative estimate of drug-likeness (QED) is 0.610. The Labute approximate surface area is 65.9 Å². The minimum Gasteiger partial charge on any atom is -0.503 e. The first-order valence-electron chi connectivity index (χ1n) is 3.56. The molecule has 0 spiro atoms. The minimum absolute atomic E-state index is 0.208. The van der Waals surface area contributed by atoms with Crippen LogP contribution in [0.25, 0.3) is 0 Å². The van der Waals surface area contributed by atoms with Crippen LogP contribution in [0.15, 0.2) is 23.1 Å². The van der Waals surface area contributed by atoms with Crippen molar-refractivity contribution in [1.29, 1.82) is 0 Å². The molecule has 0 aromatic carbocycles. The SMILES string of the molecule is CC.Cn1cccc(O)c1=O. The molecule has 1 N–H and O–H groups in total. The maximum Gasteiger partial charge on any atom is 0.292 e. The summed E-state index contributed by atoms with van der Waals surface area (Å²) in [6, 6.07) is 2.97. The molecule has 62 valence electrons. The molecular weight excluding hydrogens is 142 g/mol. The van der Waals surface area contributed by atoms with Crippen LogP contribution in [0.4, 0.5) is 0 Å². The van der Waals surface area contributed by atoms with Gasteiger partial charge in [0, 0.05) is 13.2 Å². The van der Waals surface area contributed by atoms with Crippen LogP contribution >= 0.6 is 0 Å². The van der Waals surface area contributed by atoms with Gasteiger partial charge in [0.2, 0.25) is 0 Å². The average Bonchev–Trinajstić information content (AvgIpc) is 2.04. The number of pyridine rings is 1. The molecule has 0 aliphatic carbocycles. The number of rotatable bonds is 0. The van der Waals surface area contributed by atoms with Gasteiger partial charge in [0.25, 0.3) is 5.56 Å². The van der Waals surface area contributed by atoms with E-state index in [0.717, 1.165) is 0 Å². The smallest absolute Gasteiger partial charge is 0.292 e. The van der Waals surface area contributed by atoms with Crippen LogP contribution in [-0.2, 0) is 7.05 Å². The highest BCUT2D eigenvalue weighted by atomic mass is 16.3. The van der Waals surface area contributed by atoms with Crippen LogP contribution in [0.5, 0.6) is 5.75 Å². The molecule has 1 aromatic heterocycles. The molecule has 1 aromatic rings. The lowest BCUT2D eigenvalue weighted by molar-refractivity contribution is 0.461. The van der Waals surface area contributed by atoms with E-state index in [-0.39, 0.29) is 11.3 Å². The Morgan fingerprint density at radius 2 is 2.00 bits per heavy atom. The number of hydrogen-bond donors (Lipinski definition) is 1. The molecule has 0 atom stereocenters. The van der Waals surface area contributed by atoms with Crippen molar-refractivity contribution in [3.8, 4) is 5.75 Å². The monoisotopic (exact) mass is 155 g/mol. The Morgan fingerprint density at radius 3 is 2.36 bits per heavy atom. The van der Waals surface area contributed by atoms with E-state index in [2.05, 4.69) is 0 Å². The van der Waals surface area contributed by atoms with E-state index >= 15 is 0 Å². The van der Waals surface area contributed by atoms with Crippen molar-refractivity contribution < 1.29 is 5.11 Å². The van der Waals surface area contributed by atoms with Crippen molar-refractivity contribution in [1.82, 2.24) is 4.57 Å². The lowest BCUT2D eigenvalue weighted by Gasteiger charge is -1.93. The fraction of sp³-hybridized carbons (Fsp3) is 0.375. The first kappa shape index (κ1) is 9.75. The molecule has 0 saturated carbocycles. The third-order valence-corrected chi connectivity index (χ3v) is 1.10. The Bertz CT molecular complexity index is 242. The van der Waals surface area contributed by atoms with Gasteiger partial charge in [0.1, 0.15) is 0 Å². The van der Waals surface area contributed by atoms with Crippen LogP contribution in [0.2, 0.25) is 0 Å². The summed E-state index contributed by atoms with van der Waals surface area (Å²) in [6.45, 7) is 4.00. The molecule has 0 aliphatic heterocycles. The molecule has 1 rings (SSSR count). The van der Waals surface area contributed by atoms with Gasteiger partial charge in [-0.3, -0.25) is 4.79 Å². The fourth-order valence-electron chi connectivity index (χ4n) is 0.583. The number of nitrogens with zero attached hydrogens (tertiary/aromatic N) is 1. The molecule has 0 amide bonds. The Hall–Kier alpha value is -1.25.